The van der Waals surface area contributed by atoms with E-state index in [1.165, 1.54) is 0 Å². The Morgan fingerprint density at radius 3 is 2.50 bits per heavy atom. The molecule has 0 amide bonds. The standard InChI is InChI=1S/C10H18O2/c1-4-7-8(5-2)10(12)9(11)6-3/h5,8,10,12H,2,4,6-7H2,1,3H3/t8-,10-/m1/s1. The molecule has 0 aromatic rings. The fraction of sp³-hybridized carbons (Fsp3) is 0.700. The number of hydrogen-bond donors (Lipinski definition) is 1. The first-order chi connectivity index (χ1) is 5.67. The van der Waals surface area contributed by atoms with E-state index in [0.29, 0.717) is 6.42 Å². The Morgan fingerprint density at radius 2 is 2.17 bits per heavy atom. The van der Waals surface area contributed by atoms with Crippen LogP contribution in [-0.2, 0) is 4.79 Å². The van der Waals surface area contributed by atoms with Crippen molar-refractivity contribution in [1.82, 2.24) is 0 Å². The van der Waals surface area contributed by atoms with Gasteiger partial charge in [0.15, 0.2) is 5.78 Å². The van der Waals surface area contributed by atoms with Crippen LogP contribution in [0.4, 0.5) is 0 Å². The summed E-state index contributed by atoms with van der Waals surface area (Å²) in [5, 5.41) is 9.49. The Labute approximate surface area is 74.3 Å². The van der Waals surface area contributed by atoms with Gasteiger partial charge in [-0.2, -0.15) is 0 Å². The second-order valence-electron chi connectivity index (χ2n) is 2.95. The number of aliphatic hydroxyl groups excluding tert-OH is 1. The quantitative estimate of drug-likeness (QED) is 0.618. The number of carbonyl (C=O) groups is 1. The van der Waals surface area contributed by atoms with Gasteiger partial charge in [0.2, 0.25) is 0 Å². The van der Waals surface area contributed by atoms with Gasteiger partial charge in [-0.1, -0.05) is 26.3 Å². The first-order valence-corrected chi connectivity index (χ1v) is 4.50. The second kappa shape index (κ2) is 5.95. The molecule has 1 N–H and O–H groups in total. The zero-order chi connectivity index (χ0) is 9.56. The van der Waals surface area contributed by atoms with Gasteiger partial charge in [-0.05, 0) is 6.42 Å². The summed E-state index contributed by atoms with van der Waals surface area (Å²) in [6.45, 7) is 7.39. The number of Topliss-reactive ketones (excluding diaryl/α,β-unsaturated/α-hetero) is 1. The Morgan fingerprint density at radius 1 is 1.58 bits per heavy atom. The maximum atomic E-state index is 11.1. The summed E-state index contributed by atoms with van der Waals surface area (Å²) in [6.07, 6.45) is 3.02. The van der Waals surface area contributed by atoms with Crippen LogP contribution in [0.15, 0.2) is 12.7 Å². The zero-order valence-corrected chi connectivity index (χ0v) is 7.92. The van der Waals surface area contributed by atoms with Gasteiger partial charge >= 0.3 is 0 Å². The van der Waals surface area contributed by atoms with Crippen LogP contribution >= 0.6 is 0 Å². The molecular weight excluding hydrogens is 152 g/mol. The topological polar surface area (TPSA) is 37.3 Å². The summed E-state index contributed by atoms with van der Waals surface area (Å²) in [4.78, 5) is 11.1. The average molecular weight is 170 g/mol. The first kappa shape index (κ1) is 11.4. The molecule has 12 heavy (non-hydrogen) atoms. The minimum absolute atomic E-state index is 0.0672. The maximum Gasteiger partial charge on any atom is 0.161 e. The molecule has 2 nitrogen and oxygen atoms in total. The fourth-order valence-electron chi connectivity index (χ4n) is 1.19. The average Bonchev–Trinajstić information content (AvgIpc) is 2.11. The lowest BCUT2D eigenvalue weighted by Gasteiger charge is -2.16. The van der Waals surface area contributed by atoms with Crippen molar-refractivity contribution in [3.05, 3.63) is 12.7 Å². The molecule has 2 atom stereocenters. The normalized spacial score (nSPS) is 15.2. The number of rotatable bonds is 6. The molecule has 0 bridgehead atoms. The van der Waals surface area contributed by atoms with Crippen LogP contribution in [0.1, 0.15) is 33.1 Å². The molecule has 70 valence electrons. The minimum atomic E-state index is -0.840. The largest absolute Gasteiger partial charge is 0.385 e. The molecule has 0 aromatic carbocycles. The highest BCUT2D eigenvalue weighted by Crippen LogP contribution is 2.14. The summed E-state index contributed by atoms with van der Waals surface area (Å²) in [7, 11) is 0. The molecule has 2 heteroatoms. The number of hydrogen-bond acceptors (Lipinski definition) is 2. The van der Waals surface area contributed by atoms with Gasteiger partial charge in [0.25, 0.3) is 0 Å². The molecule has 0 aliphatic heterocycles. The first-order valence-electron chi connectivity index (χ1n) is 4.50. The SMILES string of the molecule is C=C[C@H](CCC)[C@@H](O)C(=O)CC. The highest BCUT2D eigenvalue weighted by Gasteiger charge is 2.20. The Hall–Kier alpha value is -0.630. The van der Waals surface area contributed by atoms with Crippen molar-refractivity contribution in [2.75, 3.05) is 0 Å². The van der Waals surface area contributed by atoms with Crippen molar-refractivity contribution in [3.8, 4) is 0 Å². The fourth-order valence-corrected chi connectivity index (χ4v) is 1.19. The van der Waals surface area contributed by atoms with Crippen molar-refractivity contribution in [2.45, 2.75) is 39.2 Å². The Balaban J connectivity index is 4.09. The lowest BCUT2D eigenvalue weighted by molar-refractivity contribution is -0.128. The van der Waals surface area contributed by atoms with E-state index in [0.717, 1.165) is 12.8 Å². The van der Waals surface area contributed by atoms with E-state index in [-0.39, 0.29) is 11.7 Å². The summed E-state index contributed by atoms with van der Waals surface area (Å²) < 4.78 is 0. The molecular formula is C10H18O2. The van der Waals surface area contributed by atoms with Gasteiger partial charge < -0.3 is 5.11 Å². The predicted octanol–water partition coefficient (Wildman–Crippen LogP) is 1.93. The predicted molar refractivity (Wildman–Crippen MR) is 49.9 cm³/mol. The maximum absolute atomic E-state index is 11.1. The molecule has 0 saturated carbocycles. The third kappa shape index (κ3) is 3.18. The van der Waals surface area contributed by atoms with E-state index >= 15 is 0 Å². The van der Waals surface area contributed by atoms with Crippen molar-refractivity contribution in [1.29, 1.82) is 0 Å². The van der Waals surface area contributed by atoms with Crippen LogP contribution in [0, 0.1) is 5.92 Å². The molecule has 0 spiro atoms. The molecule has 0 fully saturated rings. The molecule has 0 radical (unpaired) electrons. The van der Waals surface area contributed by atoms with Gasteiger partial charge in [-0.3, -0.25) is 4.79 Å². The van der Waals surface area contributed by atoms with Gasteiger partial charge in [-0.15, -0.1) is 6.58 Å². The van der Waals surface area contributed by atoms with Gasteiger partial charge in [0, 0.05) is 12.3 Å². The van der Waals surface area contributed by atoms with E-state index in [9.17, 15) is 9.90 Å². The van der Waals surface area contributed by atoms with Crippen molar-refractivity contribution < 1.29 is 9.90 Å². The Bertz CT molecular complexity index is 152. The zero-order valence-electron chi connectivity index (χ0n) is 7.92. The van der Waals surface area contributed by atoms with E-state index < -0.39 is 6.10 Å². The van der Waals surface area contributed by atoms with E-state index in [1.807, 2.05) is 6.92 Å². The highest BCUT2D eigenvalue weighted by atomic mass is 16.3. The van der Waals surface area contributed by atoms with Crippen LogP contribution in [0.5, 0.6) is 0 Å². The van der Waals surface area contributed by atoms with Gasteiger partial charge in [0.1, 0.15) is 6.10 Å². The molecule has 0 heterocycles. The third-order valence-electron chi connectivity index (χ3n) is 2.01. The van der Waals surface area contributed by atoms with Crippen molar-refractivity contribution in [2.24, 2.45) is 5.92 Å². The summed E-state index contributed by atoms with van der Waals surface area (Å²) in [5.74, 6) is -0.157. The highest BCUT2D eigenvalue weighted by molar-refractivity contribution is 5.83. The molecule has 0 saturated heterocycles. The summed E-state index contributed by atoms with van der Waals surface area (Å²) in [5.41, 5.74) is 0. The third-order valence-corrected chi connectivity index (χ3v) is 2.01. The van der Waals surface area contributed by atoms with E-state index in [4.69, 9.17) is 0 Å². The number of ketones is 1. The minimum Gasteiger partial charge on any atom is -0.385 e. The van der Waals surface area contributed by atoms with Crippen molar-refractivity contribution in [3.63, 3.8) is 0 Å². The van der Waals surface area contributed by atoms with Crippen LogP contribution in [0.3, 0.4) is 0 Å². The second-order valence-corrected chi connectivity index (χ2v) is 2.95. The molecule has 0 aromatic heterocycles. The monoisotopic (exact) mass is 170 g/mol. The van der Waals surface area contributed by atoms with Gasteiger partial charge in [-0.25, -0.2) is 0 Å². The summed E-state index contributed by atoms with van der Waals surface area (Å²) in [6, 6.07) is 0. The van der Waals surface area contributed by atoms with Crippen molar-refractivity contribution >= 4 is 5.78 Å². The lowest BCUT2D eigenvalue weighted by atomic mass is 9.93. The number of aliphatic hydroxyl groups is 1. The van der Waals surface area contributed by atoms with E-state index in [1.54, 1.807) is 13.0 Å². The molecule has 0 aliphatic carbocycles. The molecule has 0 aliphatic rings. The van der Waals surface area contributed by atoms with E-state index in [2.05, 4.69) is 6.58 Å². The molecule has 0 rings (SSSR count). The van der Waals surface area contributed by atoms with Crippen LogP contribution < -0.4 is 0 Å². The number of carbonyl (C=O) groups excluding carboxylic acids is 1. The van der Waals surface area contributed by atoms with Crippen LogP contribution in [0.25, 0.3) is 0 Å². The molecule has 0 unspecified atom stereocenters. The van der Waals surface area contributed by atoms with Crippen LogP contribution in [0.2, 0.25) is 0 Å². The lowest BCUT2D eigenvalue weighted by Crippen LogP contribution is -2.27. The van der Waals surface area contributed by atoms with Crippen LogP contribution in [-0.4, -0.2) is 17.0 Å². The Kier molecular flexibility index (Phi) is 5.64. The smallest absolute Gasteiger partial charge is 0.161 e. The van der Waals surface area contributed by atoms with Gasteiger partial charge in [0.05, 0.1) is 0 Å². The summed E-state index contributed by atoms with van der Waals surface area (Å²) >= 11 is 0.